The summed E-state index contributed by atoms with van der Waals surface area (Å²) in [6, 6.07) is 5.81. The second-order valence-electron chi connectivity index (χ2n) is 4.82. The highest BCUT2D eigenvalue weighted by atomic mass is 32.1. The summed E-state index contributed by atoms with van der Waals surface area (Å²) in [7, 11) is 0. The van der Waals surface area contributed by atoms with E-state index in [2.05, 4.69) is 25.9 Å². The summed E-state index contributed by atoms with van der Waals surface area (Å²) in [5, 5.41) is 11.1. The SMILES string of the molecule is CCNc1cc(C)nc(NCCNC(=O)/C=C/c2cccs2)n1. The van der Waals surface area contributed by atoms with Crippen LogP contribution in [0.4, 0.5) is 11.8 Å². The Morgan fingerprint density at radius 3 is 2.91 bits per heavy atom. The van der Waals surface area contributed by atoms with E-state index < -0.39 is 0 Å². The van der Waals surface area contributed by atoms with Crippen molar-refractivity contribution in [3.63, 3.8) is 0 Å². The van der Waals surface area contributed by atoms with Crippen molar-refractivity contribution in [3.8, 4) is 0 Å². The Balaban J connectivity index is 1.73. The van der Waals surface area contributed by atoms with Gasteiger partial charge in [0.15, 0.2) is 0 Å². The minimum absolute atomic E-state index is 0.112. The Bertz CT molecular complexity index is 654. The number of rotatable bonds is 8. The number of anilines is 2. The Labute approximate surface area is 140 Å². The molecular weight excluding hydrogens is 310 g/mol. The summed E-state index contributed by atoms with van der Waals surface area (Å²) in [6.07, 6.45) is 3.35. The van der Waals surface area contributed by atoms with Crippen LogP contribution in [0.3, 0.4) is 0 Å². The molecule has 0 fully saturated rings. The van der Waals surface area contributed by atoms with Gasteiger partial charge in [0.05, 0.1) is 0 Å². The molecule has 0 aliphatic rings. The average Bonchev–Trinajstić information content (AvgIpc) is 3.03. The molecule has 0 unspecified atom stereocenters. The topological polar surface area (TPSA) is 78.9 Å². The molecule has 0 spiro atoms. The summed E-state index contributed by atoms with van der Waals surface area (Å²) < 4.78 is 0. The Morgan fingerprint density at radius 2 is 2.17 bits per heavy atom. The molecule has 0 aliphatic carbocycles. The highest BCUT2D eigenvalue weighted by Gasteiger charge is 2.01. The van der Waals surface area contributed by atoms with E-state index in [0.29, 0.717) is 19.0 Å². The molecular formula is C16H21N5OS. The normalized spacial score (nSPS) is 10.7. The van der Waals surface area contributed by atoms with E-state index in [9.17, 15) is 4.79 Å². The van der Waals surface area contributed by atoms with Gasteiger partial charge < -0.3 is 16.0 Å². The van der Waals surface area contributed by atoms with Crippen LogP contribution >= 0.6 is 11.3 Å². The Kier molecular flexibility index (Phi) is 6.56. The molecule has 0 saturated carbocycles. The molecule has 3 N–H and O–H groups in total. The molecule has 23 heavy (non-hydrogen) atoms. The van der Waals surface area contributed by atoms with Crippen LogP contribution in [0.1, 0.15) is 17.5 Å². The quantitative estimate of drug-likeness (QED) is 0.512. The number of aryl methyl sites for hydroxylation is 1. The fourth-order valence-corrected chi connectivity index (χ4v) is 2.50. The van der Waals surface area contributed by atoms with Crippen LogP contribution < -0.4 is 16.0 Å². The molecule has 0 aromatic carbocycles. The van der Waals surface area contributed by atoms with E-state index in [1.165, 1.54) is 6.08 Å². The molecule has 0 aliphatic heterocycles. The van der Waals surface area contributed by atoms with Crippen molar-refractivity contribution in [2.24, 2.45) is 0 Å². The van der Waals surface area contributed by atoms with Crippen LogP contribution in [-0.4, -0.2) is 35.5 Å². The number of nitrogens with zero attached hydrogens (tertiary/aromatic N) is 2. The lowest BCUT2D eigenvalue weighted by Gasteiger charge is -2.09. The standard InChI is InChI=1S/C16H21N5OS/c1-3-17-14-11-12(2)20-16(21-14)19-9-8-18-15(22)7-6-13-5-4-10-23-13/h4-7,10-11H,3,8-9H2,1-2H3,(H,18,22)(H2,17,19,20,21)/b7-6+. The largest absolute Gasteiger partial charge is 0.370 e. The first-order valence-corrected chi connectivity index (χ1v) is 8.38. The predicted molar refractivity (Wildman–Crippen MR) is 95.8 cm³/mol. The van der Waals surface area contributed by atoms with E-state index in [1.54, 1.807) is 17.4 Å². The van der Waals surface area contributed by atoms with Gasteiger partial charge in [0, 0.05) is 42.3 Å². The minimum atomic E-state index is -0.112. The Hall–Kier alpha value is -2.41. The van der Waals surface area contributed by atoms with Gasteiger partial charge >= 0.3 is 0 Å². The molecule has 6 nitrogen and oxygen atoms in total. The van der Waals surface area contributed by atoms with Gasteiger partial charge in [-0.05, 0) is 31.4 Å². The lowest BCUT2D eigenvalue weighted by Crippen LogP contribution is -2.27. The maximum atomic E-state index is 11.7. The minimum Gasteiger partial charge on any atom is -0.370 e. The number of amides is 1. The number of carbonyl (C=O) groups excluding carboxylic acids is 1. The van der Waals surface area contributed by atoms with E-state index in [4.69, 9.17) is 0 Å². The molecule has 0 radical (unpaired) electrons. The summed E-state index contributed by atoms with van der Waals surface area (Å²) in [4.78, 5) is 21.4. The second kappa shape index (κ2) is 8.89. The smallest absolute Gasteiger partial charge is 0.244 e. The van der Waals surface area contributed by atoms with Crippen molar-refractivity contribution < 1.29 is 4.79 Å². The molecule has 0 bridgehead atoms. The summed E-state index contributed by atoms with van der Waals surface area (Å²) in [5.74, 6) is 1.24. The van der Waals surface area contributed by atoms with E-state index in [-0.39, 0.29) is 5.91 Å². The monoisotopic (exact) mass is 331 g/mol. The van der Waals surface area contributed by atoms with Crippen molar-refractivity contribution in [1.29, 1.82) is 0 Å². The first-order valence-electron chi connectivity index (χ1n) is 7.50. The number of carbonyl (C=O) groups is 1. The highest BCUT2D eigenvalue weighted by Crippen LogP contribution is 2.10. The third-order valence-electron chi connectivity index (χ3n) is 2.86. The molecule has 2 aromatic heterocycles. The number of hydrogen-bond donors (Lipinski definition) is 3. The zero-order valence-corrected chi connectivity index (χ0v) is 14.1. The third kappa shape index (κ3) is 6.07. The molecule has 0 saturated heterocycles. The number of thiophene rings is 1. The van der Waals surface area contributed by atoms with Gasteiger partial charge in [-0.15, -0.1) is 11.3 Å². The van der Waals surface area contributed by atoms with Gasteiger partial charge in [-0.3, -0.25) is 4.79 Å². The van der Waals surface area contributed by atoms with Crippen LogP contribution in [0.5, 0.6) is 0 Å². The first-order chi connectivity index (χ1) is 11.2. The fraction of sp³-hybridized carbons (Fsp3) is 0.312. The van der Waals surface area contributed by atoms with E-state index in [1.807, 2.05) is 37.4 Å². The molecule has 0 atom stereocenters. The van der Waals surface area contributed by atoms with Crippen LogP contribution in [0, 0.1) is 6.92 Å². The predicted octanol–water partition coefficient (Wildman–Crippen LogP) is 2.52. The zero-order valence-electron chi connectivity index (χ0n) is 13.3. The van der Waals surface area contributed by atoms with Crippen molar-refractivity contribution in [2.75, 3.05) is 30.3 Å². The second-order valence-corrected chi connectivity index (χ2v) is 5.79. The molecule has 1 amide bonds. The van der Waals surface area contributed by atoms with Crippen molar-refractivity contribution in [2.45, 2.75) is 13.8 Å². The van der Waals surface area contributed by atoms with Gasteiger partial charge in [0.25, 0.3) is 0 Å². The summed E-state index contributed by atoms with van der Waals surface area (Å²) in [6.45, 7) is 5.81. The van der Waals surface area contributed by atoms with Gasteiger partial charge in [-0.1, -0.05) is 6.07 Å². The van der Waals surface area contributed by atoms with Crippen LogP contribution in [0.25, 0.3) is 6.08 Å². The van der Waals surface area contributed by atoms with Crippen molar-refractivity contribution >= 4 is 35.1 Å². The van der Waals surface area contributed by atoms with Gasteiger partial charge in [0.1, 0.15) is 5.82 Å². The lowest BCUT2D eigenvalue weighted by molar-refractivity contribution is -0.116. The maximum absolute atomic E-state index is 11.7. The first kappa shape index (κ1) is 17.0. The van der Waals surface area contributed by atoms with Crippen LogP contribution in [0.2, 0.25) is 0 Å². The van der Waals surface area contributed by atoms with E-state index >= 15 is 0 Å². The van der Waals surface area contributed by atoms with E-state index in [0.717, 1.165) is 22.9 Å². The van der Waals surface area contributed by atoms with Crippen molar-refractivity contribution in [3.05, 3.63) is 40.2 Å². The number of aromatic nitrogens is 2. The van der Waals surface area contributed by atoms with Gasteiger partial charge in [-0.25, -0.2) is 4.98 Å². The average molecular weight is 331 g/mol. The number of hydrogen-bond acceptors (Lipinski definition) is 6. The summed E-state index contributed by atoms with van der Waals surface area (Å²) >= 11 is 1.60. The van der Waals surface area contributed by atoms with Crippen molar-refractivity contribution in [1.82, 2.24) is 15.3 Å². The fourth-order valence-electron chi connectivity index (χ4n) is 1.88. The summed E-state index contributed by atoms with van der Waals surface area (Å²) in [5.41, 5.74) is 0.890. The number of nitrogens with one attached hydrogen (secondary N) is 3. The van der Waals surface area contributed by atoms with Gasteiger partial charge in [0.2, 0.25) is 11.9 Å². The maximum Gasteiger partial charge on any atom is 0.244 e. The molecule has 2 heterocycles. The van der Waals surface area contributed by atoms with Crippen LogP contribution in [-0.2, 0) is 4.79 Å². The lowest BCUT2D eigenvalue weighted by atomic mass is 10.4. The zero-order chi connectivity index (χ0) is 16.5. The van der Waals surface area contributed by atoms with Gasteiger partial charge in [-0.2, -0.15) is 4.98 Å². The third-order valence-corrected chi connectivity index (χ3v) is 3.70. The molecule has 122 valence electrons. The Morgan fingerprint density at radius 1 is 1.30 bits per heavy atom. The molecule has 7 heteroatoms. The molecule has 2 aromatic rings. The molecule has 2 rings (SSSR count). The highest BCUT2D eigenvalue weighted by molar-refractivity contribution is 7.10. The van der Waals surface area contributed by atoms with Crippen LogP contribution in [0.15, 0.2) is 29.7 Å².